The van der Waals surface area contributed by atoms with Gasteiger partial charge in [-0.1, -0.05) is 12.8 Å². The summed E-state index contributed by atoms with van der Waals surface area (Å²) in [5, 5.41) is 9.73. The second-order valence-corrected chi connectivity index (χ2v) is 4.97. The third kappa shape index (κ3) is 2.49. The van der Waals surface area contributed by atoms with Gasteiger partial charge in [0.05, 0.1) is 4.47 Å². The van der Waals surface area contributed by atoms with Gasteiger partial charge in [0.2, 0.25) is 0 Å². The maximum absolute atomic E-state index is 13.1. The van der Waals surface area contributed by atoms with Crippen LogP contribution in [0.15, 0.2) is 16.6 Å². The van der Waals surface area contributed by atoms with Gasteiger partial charge < -0.3 is 10.8 Å². The van der Waals surface area contributed by atoms with E-state index in [-0.39, 0.29) is 17.6 Å². The lowest BCUT2D eigenvalue weighted by Gasteiger charge is -2.14. The summed E-state index contributed by atoms with van der Waals surface area (Å²) in [5.41, 5.74) is 6.42. The number of phenolic OH excluding ortho intramolecular Hbond substituents is 1. The van der Waals surface area contributed by atoms with Crippen LogP contribution in [0.4, 0.5) is 4.39 Å². The maximum Gasteiger partial charge on any atom is 0.134 e. The lowest BCUT2D eigenvalue weighted by Crippen LogP contribution is -2.11. The zero-order chi connectivity index (χ0) is 11.0. The van der Waals surface area contributed by atoms with E-state index in [9.17, 15) is 9.50 Å². The van der Waals surface area contributed by atoms with Crippen molar-refractivity contribution in [1.29, 1.82) is 0 Å². The molecule has 1 saturated carbocycles. The largest absolute Gasteiger partial charge is 0.506 e. The lowest BCUT2D eigenvalue weighted by atomic mass is 10.0. The van der Waals surface area contributed by atoms with Gasteiger partial charge in [-0.3, -0.25) is 0 Å². The number of nitrogens with two attached hydrogens (primary N) is 1. The van der Waals surface area contributed by atoms with E-state index >= 15 is 0 Å². The van der Waals surface area contributed by atoms with Gasteiger partial charge in [0.15, 0.2) is 0 Å². The molecule has 2 rings (SSSR count). The van der Waals surface area contributed by atoms with E-state index in [1.165, 1.54) is 25.0 Å². The summed E-state index contributed by atoms with van der Waals surface area (Å²) in [7, 11) is 0. The Labute approximate surface area is 96.4 Å². The first-order valence-corrected chi connectivity index (χ1v) is 5.80. The molecule has 1 fully saturated rings. The summed E-state index contributed by atoms with van der Waals surface area (Å²) < 4.78 is 13.5. The predicted octanol–water partition coefficient (Wildman–Crippen LogP) is 3.09. The average Bonchev–Trinajstić information content (AvgIpc) is 2.94. The molecule has 15 heavy (non-hydrogen) atoms. The zero-order valence-corrected chi connectivity index (χ0v) is 9.80. The zero-order valence-electron chi connectivity index (χ0n) is 8.21. The van der Waals surface area contributed by atoms with Crippen LogP contribution in [-0.4, -0.2) is 5.11 Å². The molecule has 0 saturated heterocycles. The Hall–Kier alpha value is -0.610. The van der Waals surface area contributed by atoms with Crippen molar-refractivity contribution in [2.24, 2.45) is 11.7 Å². The maximum atomic E-state index is 13.1. The van der Waals surface area contributed by atoms with Crippen molar-refractivity contribution in [2.45, 2.75) is 25.3 Å². The fraction of sp³-hybridized carbons (Fsp3) is 0.455. The van der Waals surface area contributed by atoms with E-state index in [1.54, 1.807) is 0 Å². The van der Waals surface area contributed by atoms with Crippen LogP contribution in [0.3, 0.4) is 0 Å². The highest BCUT2D eigenvalue weighted by molar-refractivity contribution is 9.10. The fourth-order valence-corrected chi connectivity index (χ4v) is 2.16. The van der Waals surface area contributed by atoms with Gasteiger partial charge in [0, 0.05) is 11.6 Å². The van der Waals surface area contributed by atoms with Crippen molar-refractivity contribution in [3.8, 4) is 5.75 Å². The van der Waals surface area contributed by atoms with E-state index in [0.29, 0.717) is 16.0 Å². The van der Waals surface area contributed by atoms with Crippen molar-refractivity contribution >= 4 is 15.9 Å². The Bertz CT molecular complexity index is 379. The van der Waals surface area contributed by atoms with E-state index < -0.39 is 0 Å². The molecule has 2 nitrogen and oxygen atoms in total. The highest BCUT2D eigenvalue weighted by Gasteiger charge is 2.26. The minimum Gasteiger partial charge on any atom is -0.506 e. The summed E-state index contributed by atoms with van der Waals surface area (Å²) in [6, 6.07) is 2.28. The van der Waals surface area contributed by atoms with Crippen LogP contribution in [0.25, 0.3) is 0 Å². The number of benzene rings is 1. The number of halogens is 2. The van der Waals surface area contributed by atoms with Gasteiger partial charge >= 0.3 is 0 Å². The SMILES string of the molecule is N[C@H](CC1CC1)c1cc(F)cc(Br)c1O. The van der Waals surface area contributed by atoms with Crippen molar-refractivity contribution in [3.05, 3.63) is 28.0 Å². The van der Waals surface area contributed by atoms with Gasteiger partial charge in [0.25, 0.3) is 0 Å². The monoisotopic (exact) mass is 273 g/mol. The Balaban J connectivity index is 2.24. The minimum absolute atomic E-state index is 0.0598. The van der Waals surface area contributed by atoms with Crippen molar-refractivity contribution in [3.63, 3.8) is 0 Å². The van der Waals surface area contributed by atoms with E-state index in [2.05, 4.69) is 15.9 Å². The highest BCUT2D eigenvalue weighted by atomic mass is 79.9. The van der Waals surface area contributed by atoms with Crippen molar-refractivity contribution < 1.29 is 9.50 Å². The summed E-state index contributed by atoms with van der Waals surface area (Å²) >= 11 is 3.10. The molecule has 0 bridgehead atoms. The molecule has 1 aliphatic rings. The molecule has 0 aromatic heterocycles. The third-order valence-electron chi connectivity index (χ3n) is 2.74. The lowest BCUT2D eigenvalue weighted by molar-refractivity contribution is 0.448. The topological polar surface area (TPSA) is 46.2 Å². The van der Waals surface area contributed by atoms with Crippen LogP contribution in [0.5, 0.6) is 5.75 Å². The molecular weight excluding hydrogens is 261 g/mol. The molecule has 0 unspecified atom stereocenters. The van der Waals surface area contributed by atoms with E-state index in [1.807, 2.05) is 0 Å². The molecule has 4 heteroatoms. The number of rotatable bonds is 3. The summed E-state index contributed by atoms with van der Waals surface area (Å²) in [6.45, 7) is 0. The molecule has 1 atom stereocenters. The molecule has 1 aromatic carbocycles. The van der Waals surface area contributed by atoms with E-state index in [0.717, 1.165) is 6.42 Å². The third-order valence-corrected chi connectivity index (χ3v) is 3.35. The summed E-state index contributed by atoms with van der Waals surface area (Å²) in [6.07, 6.45) is 3.22. The second-order valence-electron chi connectivity index (χ2n) is 4.11. The first-order chi connectivity index (χ1) is 7.08. The Morgan fingerprint density at radius 1 is 1.53 bits per heavy atom. The van der Waals surface area contributed by atoms with Crippen LogP contribution >= 0.6 is 15.9 Å². The van der Waals surface area contributed by atoms with E-state index in [4.69, 9.17) is 5.73 Å². The standard InChI is InChI=1S/C11H13BrFNO/c12-9-5-7(13)4-8(11(9)15)10(14)3-6-1-2-6/h4-6,10,15H,1-3,14H2/t10-/m1/s1. The van der Waals surface area contributed by atoms with Crippen LogP contribution in [-0.2, 0) is 0 Å². The van der Waals surface area contributed by atoms with Gasteiger partial charge in [0.1, 0.15) is 11.6 Å². The smallest absolute Gasteiger partial charge is 0.134 e. The van der Waals surface area contributed by atoms with Crippen molar-refractivity contribution in [2.75, 3.05) is 0 Å². The molecule has 0 amide bonds. The molecule has 0 heterocycles. The van der Waals surface area contributed by atoms with Gasteiger partial charge in [-0.25, -0.2) is 4.39 Å². The fourth-order valence-electron chi connectivity index (χ4n) is 1.71. The molecule has 0 radical (unpaired) electrons. The molecule has 3 N–H and O–H groups in total. The van der Waals surface area contributed by atoms with Gasteiger partial charge in [-0.15, -0.1) is 0 Å². The number of aromatic hydroxyl groups is 1. The number of hydrogen-bond acceptors (Lipinski definition) is 2. The molecule has 1 aliphatic carbocycles. The summed E-state index contributed by atoms with van der Waals surface area (Å²) in [4.78, 5) is 0. The highest BCUT2D eigenvalue weighted by Crippen LogP contribution is 2.40. The van der Waals surface area contributed by atoms with Crippen molar-refractivity contribution in [1.82, 2.24) is 0 Å². The molecule has 0 aliphatic heterocycles. The normalized spacial score (nSPS) is 17.8. The molecule has 1 aromatic rings. The Morgan fingerprint density at radius 2 is 2.20 bits per heavy atom. The average molecular weight is 274 g/mol. The first kappa shape index (κ1) is 10.9. The molecule has 0 spiro atoms. The summed E-state index contributed by atoms with van der Waals surface area (Å²) in [5.74, 6) is 0.340. The Morgan fingerprint density at radius 3 is 2.80 bits per heavy atom. The Kier molecular flexibility index (Phi) is 2.98. The quantitative estimate of drug-likeness (QED) is 0.889. The van der Waals surface area contributed by atoms with Crippen LogP contribution in [0.1, 0.15) is 30.9 Å². The molecular formula is C11H13BrFNO. The number of hydrogen-bond donors (Lipinski definition) is 2. The first-order valence-electron chi connectivity index (χ1n) is 5.01. The predicted molar refractivity (Wildman–Crippen MR) is 60.0 cm³/mol. The van der Waals surface area contributed by atoms with Crippen LogP contribution < -0.4 is 5.73 Å². The van der Waals surface area contributed by atoms with Crippen LogP contribution in [0.2, 0.25) is 0 Å². The van der Waals surface area contributed by atoms with Gasteiger partial charge in [-0.2, -0.15) is 0 Å². The minimum atomic E-state index is -0.374. The molecule has 82 valence electrons. The number of phenols is 1. The second kappa shape index (κ2) is 4.10. The van der Waals surface area contributed by atoms with Crippen LogP contribution in [0, 0.1) is 11.7 Å². The van der Waals surface area contributed by atoms with Gasteiger partial charge in [-0.05, 0) is 40.4 Å².